The molecule has 2 fully saturated rings. The van der Waals surface area contributed by atoms with Crippen LogP contribution in [0.25, 0.3) is 0 Å². The highest BCUT2D eigenvalue weighted by molar-refractivity contribution is 5.92. The van der Waals surface area contributed by atoms with Gasteiger partial charge in [0, 0.05) is 36.7 Å². The molecule has 2 aliphatic rings. The van der Waals surface area contributed by atoms with Crippen molar-refractivity contribution in [3.05, 3.63) is 54.1 Å². The van der Waals surface area contributed by atoms with Gasteiger partial charge in [-0.2, -0.15) is 0 Å². The summed E-state index contributed by atoms with van der Waals surface area (Å²) in [6.07, 6.45) is 4.93. The van der Waals surface area contributed by atoms with E-state index in [1.807, 2.05) is 0 Å². The molecule has 2 bridgehead atoms. The van der Waals surface area contributed by atoms with Gasteiger partial charge >= 0.3 is 0 Å². The number of amides is 1. The molecule has 0 saturated carbocycles. The minimum absolute atomic E-state index is 0. The fourth-order valence-electron chi connectivity index (χ4n) is 4.18. The Balaban J connectivity index is 0.00000225. The molecule has 2 unspecified atom stereocenters. The van der Waals surface area contributed by atoms with Crippen LogP contribution in [0, 0.1) is 17.6 Å². The maximum atomic E-state index is 13.4. The first-order chi connectivity index (χ1) is 13.0. The van der Waals surface area contributed by atoms with E-state index in [9.17, 15) is 13.6 Å². The van der Waals surface area contributed by atoms with Gasteiger partial charge in [0.05, 0.1) is 5.69 Å². The van der Waals surface area contributed by atoms with E-state index in [1.165, 1.54) is 12.8 Å². The summed E-state index contributed by atoms with van der Waals surface area (Å²) < 4.78 is 32.4. The van der Waals surface area contributed by atoms with E-state index in [0.29, 0.717) is 35.9 Å². The van der Waals surface area contributed by atoms with Crippen LogP contribution in [-0.4, -0.2) is 18.0 Å². The van der Waals surface area contributed by atoms with Crippen molar-refractivity contribution in [2.75, 3.05) is 5.32 Å². The highest BCUT2D eigenvalue weighted by Gasteiger charge is 2.34. The lowest BCUT2D eigenvalue weighted by Crippen LogP contribution is -2.39. The summed E-state index contributed by atoms with van der Waals surface area (Å²) >= 11 is 0. The molecule has 28 heavy (non-hydrogen) atoms. The van der Waals surface area contributed by atoms with Gasteiger partial charge in [-0.05, 0) is 43.7 Å². The van der Waals surface area contributed by atoms with Gasteiger partial charge in [-0.1, -0.05) is 12.1 Å². The number of hydrogen-bond donors (Lipinski definition) is 2. The second-order valence-corrected chi connectivity index (χ2v) is 7.43. The van der Waals surface area contributed by atoms with Crippen molar-refractivity contribution in [1.29, 1.82) is 0 Å². The lowest BCUT2D eigenvalue weighted by atomic mass is 9.89. The predicted octanol–water partition coefficient (Wildman–Crippen LogP) is 5.04. The smallest absolute Gasteiger partial charge is 0.224 e. The number of nitrogens with one attached hydrogen (secondary N) is 2. The SMILES string of the molecule is Cl.O=C(CC1CC2CCC(C1)N2)Nc1ccccc1Oc1cc(F)cc(F)c1. The number of ether oxygens (including phenoxy) is 1. The minimum atomic E-state index is -0.716. The Kier molecular flexibility index (Phi) is 6.52. The number of para-hydroxylation sites is 2. The molecule has 1 amide bonds. The van der Waals surface area contributed by atoms with Crippen molar-refractivity contribution >= 4 is 24.0 Å². The van der Waals surface area contributed by atoms with Crippen LogP contribution < -0.4 is 15.4 Å². The number of piperidine rings is 1. The summed E-state index contributed by atoms with van der Waals surface area (Å²) in [6.45, 7) is 0. The van der Waals surface area contributed by atoms with Crippen molar-refractivity contribution < 1.29 is 18.3 Å². The van der Waals surface area contributed by atoms with Crippen LogP contribution >= 0.6 is 12.4 Å². The molecule has 2 N–H and O–H groups in total. The van der Waals surface area contributed by atoms with E-state index in [2.05, 4.69) is 10.6 Å². The molecule has 2 aromatic rings. The average molecular weight is 409 g/mol. The fraction of sp³-hybridized carbons (Fsp3) is 0.381. The molecule has 0 aliphatic carbocycles. The third kappa shape index (κ3) is 5.00. The Morgan fingerprint density at radius 3 is 2.39 bits per heavy atom. The normalized spacial score (nSPS) is 23.0. The van der Waals surface area contributed by atoms with Crippen LogP contribution in [0.1, 0.15) is 32.1 Å². The number of anilines is 1. The van der Waals surface area contributed by atoms with Gasteiger partial charge < -0.3 is 15.4 Å². The van der Waals surface area contributed by atoms with Crippen molar-refractivity contribution in [2.24, 2.45) is 5.92 Å². The predicted molar refractivity (Wildman–Crippen MR) is 106 cm³/mol. The number of fused-ring (bicyclic) bond motifs is 2. The first kappa shape index (κ1) is 20.6. The third-order valence-electron chi connectivity index (χ3n) is 5.27. The van der Waals surface area contributed by atoms with Gasteiger partial charge in [0.1, 0.15) is 17.4 Å². The quantitative estimate of drug-likeness (QED) is 0.728. The molecule has 2 aliphatic heterocycles. The summed E-state index contributed by atoms with van der Waals surface area (Å²) in [5.74, 6) is -0.721. The van der Waals surface area contributed by atoms with Gasteiger partial charge in [-0.15, -0.1) is 12.4 Å². The van der Waals surface area contributed by atoms with Crippen LogP contribution in [0.5, 0.6) is 11.5 Å². The van der Waals surface area contributed by atoms with E-state index in [4.69, 9.17) is 4.74 Å². The summed E-state index contributed by atoms with van der Waals surface area (Å²) in [5, 5.41) is 6.46. The summed E-state index contributed by atoms with van der Waals surface area (Å²) in [7, 11) is 0. The molecular formula is C21H23ClF2N2O2. The van der Waals surface area contributed by atoms with E-state index in [-0.39, 0.29) is 24.1 Å². The highest BCUT2D eigenvalue weighted by atomic mass is 35.5. The second kappa shape index (κ2) is 8.88. The van der Waals surface area contributed by atoms with Gasteiger partial charge in [-0.25, -0.2) is 8.78 Å². The standard InChI is InChI=1S/C21H22F2N2O2.ClH/c22-14-10-15(23)12-18(11-14)27-20-4-2-1-3-19(20)25-21(26)9-13-7-16-5-6-17(8-13)24-16;/h1-4,10-13,16-17,24H,5-9H2,(H,25,26);1H. The van der Waals surface area contributed by atoms with Crippen LogP contribution in [0.2, 0.25) is 0 Å². The molecule has 0 spiro atoms. The van der Waals surface area contributed by atoms with Gasteiger partial charge in [0.25, 0.3) is 0 Å². The Morgan fingerprint density at radius 2 is 1.71 bits per heavy atom. The summed E-state index contributed by atoms with van der Waals surface area (Å²) in [5.41, 5.74) is 0.490. The number of rotatable bonds is 5. The van der Waals surface area contributed by atoms with E-state index in [1.54, 1.807) is 24.3 Å². The Hall–Kier alpha value is -2.18. The van der Waals surface area contributed by atoms with Gasteiger partial charge in [0.15, 0.2) is 5.75 Å². The van der Waals surface area contributed by atoms with Crippen molar-refractivity contribution in [2.45, 2.75) is 44.2 Å². The second-order valence-electron chi connectivity index (χ2n) is 7.43. The van der Waals surface area contributed by atoms with E-state index >= 15 is 0 Å². The number of carbonyl (C=O) groups excluding carboxylic acids is 1. The van der Waals surface area contributed by atoms with Crippen LogP contribution in [0.3, 0.4) is 0 Å². The van der Waals surface area contributed by atoms with E-state index in [0.717, 1.165) is 31.0 Å². The van der Waals surface area contributed by atoms with Crippen molar-refractivity contribution in [1.82, 2.24) is 5.32 Å². The molecule has 4 rings (SSSR count). The molecule has 150 valence electrons. The number of hydrogen-bond acceptors (Lipinski definition) is 3. The highest BCUT2D eigenvalue weighted by Crippen LogP contribution is 2.34. The lowest BCUT2D eigenvalue weighted by Gasteiger charge is -2.28. The molecule has 0 aromatic heterocycles. The zero-order valence-electron chi connectivity index (χ0n) is 15.3. The molecule has 2 saturated heterocycles. The molecule has 2 aromatic carbocycles. The monoisotopic (exact) mass is 408 g/mol. The zero-order valence-corrected chi connectivity index (χ0v) is 16.1. The summed E-state index contributed by atoms with van der Waals surface area (Å²) in [6, 6.07) is 11.0. The average Bonchev–Trinajstić information content (AvgIpc) is 2.94. The molecule has 0 radical (unpaired) electrons. The molecule has 2 atom stereocenters. The topological polar surface area (TPSA) is 50.4 Å². The Labute approximate surface area is 169 Å². The van der Waals surface area contributed by atoms with Crippen LogP contribution in [0.4, 0.5) is 14.5 Å². The number of carbonyl (C=O) groups is 1. The van der Waals surface area contributed by atoms with Crippen LogP contribution in [0.15, 0.2) is 42.5 Å². The minimum Gasteiger partial charge on any atom is -0.455 e. The zero-order chi connectivity index (χ0) is 18.8. The molecular weight excluding hydrogens is 386 g/mol. The maximum Gasteiger partial charge on any atom is 0.224 e. The van der Waals surface area contributed by atoms with Gasteiger partial charge in [0.2, 0.25) is 5.91 Å². The first-order valence-electron chi connectivity index (χ1n) is 9.34. The van der Waals surface area contributed by atoms with E-state index < -0.39 is 11.6 Å². The fourth-order valence-corrected chi connectivity index (χ4v) is 4.18. The first-order valence-corrected chi connectivity index (χ1v) is 9.34. The number of benzene rings is 2. The molecule has 4 nitrogen and oxygen atoms in total. The summed E-state index contributed by atoms with van der Waals surface area (Å²) in [4.78, 5) is 12.5. The Morgan fingerprint density at radius 1 is 1.07 bits per heavy atom. The van der Waals surface area contributed by atoms with Crippen molar-refractivity contribution in [3.8, 4) is 11.5 Å². The largest absolute Gasteiger partial charge is 0.455 e. The maximum absolute atomic E-state index is 13.4. The lowest BCUT2D eigenvalue weighted by molar-refractivity contribution is -0.117. The molecule has 2 heterocycles. The van der Waals surface area contributed by atoms with Crippen LogP contribution in [-0.2, 0) is 4.79 Å². The number of halogens is 3. The Bertz CT molecular complexity index is 817. The van der Waals surface area contributed by atoms with Gasteiger partial charge in [-0.3, -0.25) is 4.79 Å². The molecule has 7 heteroatoms. The third-order valence-corrected chi connectivity index (χ3v) is 5.27. The van der Waals surface area contributed by atoms with Crippen molar-refractivity contribution in [3.63, 3.8) is 0 Å².